The number of aliphatic carboxylic acids is 2. The van der Waals surface area contributed by atoms with Crippen LogP contribution in [0.5, 0.6) is 23.0 Å². The summed E-state index contributed by atoms with van der Waals surface area (Å²) in [7, 11) is 3.03. The number of benzene rings is 2. The number of carbonyl (C=O) groups is 4. The number of carbonyl (C=O) groups excluding carboxylic acids is 2. The van der Waals surface area contributed by atoms with E-state index in [1.54, 1.807) is 15.9 Å². The van der Waals surface area contributed by atoms with Crippen molar-refractivity contribution in [2.45, 2.75) is 58.3 Å². The number of carboxylic acids is 2. The number of fused-ring (bicyclic) bond motifs is 2. The maximum absolute atomic E-state index is 12.4. The Morgan fingerprint density at radius 2 is 1.21 bits per heavy atom. The monoisotopic (exact) mass is 604 g/mol. The Morgan fingerprint density at radius 1 is 0.714 bits per heavy atom. The van der Waals surface area contributed by atoms with E-state index in [4.69, 9.17) is 40.8 Å². The summed E-state index contributed by atoms with van der Waals surface area (Å²) in [5.74, 6) is -0.665. The van der Waals surface area contributed by atoms with Gasteiger partial charge in [-0.3, -0.25) is 19.2 Å². The van der Waals surface area contributed by atoms with E-state index < -0.39 is 11.9 Å². The summed E-state index contributed by atoms with van der Waals surface area (Å²) in [5, 5.41) is 18.1. The van der Waals surface area contributed by atoms with E-state index in [1.165, 1.54) is 14.2 Å². The van der Waals surface area contributed by atoms with Gasteiger partial charge in [0.15, 0.2) is 23.0 Å². The highest BCUT2D eigenvalue weighted by Crippen LogP contribution is 2.43. The minimum absolute atomic E-state index is 0.0496. The molecular formula is C29H33ClN2O10. The molecule has 2 N–H and O–H groups in total. The molecule has 0 spiro atoms. The molecular weight excluding hydrogens is 572 g/mol. The van der Waals surface area contributed by atoms with Crippen LogP contribution in [0.3, 0.4) is 0 Å². The summed E-state index contributed by atoms with van der Waals surface area (Å²) >= 11 is 6.67. The third-order valence-electron chi connectivity index (χ3n) is 7.12. The SMILES string of the molecule is COc1cc2c(cc1OCCCOc1c(OC)cc3c(c1Cl)CN(C(=O)CCC(=O)O)C3)CN(C(=O)CCC(=O)O)C2. The van der Waals surface area contributed by atoms with Crippen LogP contribution in [0, 0.1) is 0 Å². The summed E-state index contributed by atoms with van der Waals surface area (Å²) in [4.78, 5) is 49.6. The zero-order valence-corrected chi connectivity index (χ0v) is 24.2. The zero-order valence-electron chi connectivity index (χ0n) is 23.4. The van der Waals surface area contributed by atoms with E-state index in [0.29, 0.717) is 60.7 Å². The van der Waals surface area contributed by atoms with Gasteiger partial charge in [0, 0.05) is 45.4 Å². The summed E-state index contributed by atoms with van der Waals surface area (Å²) < 4.78 is 22.9. The highest BCUT2D eigenvalue weighted by Gasteiger charge is 2.29. The van der Waals surface area contributed by atoms with Crippen LogP contribution in [0.2, 0.25) is 5.02 Å². The van der Waals surface area contributed by atoms with Crippen molar-refractivity contribution in [2.75, 3.05) is 27.4 Å². The van der Waals surface area contributed by atoms with Crippen molar-refractivity contribution in [1.29, 1.82) is 0 Å². The largest absolute Gasteiger partial charge is 0.493 e. The number of rotatable bonds is 14. The fraction of sp³-hybridized carbons (Fsp3) is 0.448. The first kappa shape index (κ1) is 30.8. The smallest absolute Gasteiger partial charge is 0.303 e. The number of methoxy groups -OCH3 is 2. The molecule has 0 bridgehead atoms. The molecule has 226 valence electrons. The van der Waals surface area contributed by atoms with Crippen LogP contribution in [0.4, 0.5) is 0 Å². The summed E-state index contributed by atoms with van der Waals surface area (Å²) in [6.07, 6.45) is -0.0775. The Balaban J connectivity index is 1.32. The van der Waals surface area contributed by atoms with Gasteiger partial charge in [0.25, 0.3) is 0 Å². The van der Waals surface area contributed by atoms with Gasteiger partial charge in [0.2, 0.25) is 11.8 Å². The highest BCUT2D eigenvalue weighted by molar-refractivity contribution is 6.33. The lowest BCUT2D eigenvalue weighted by atomic mass is 10.1. The normalized spacial score (nSPS) is 13.4. The minimum atomic E-state index is -1.03. The van der Waals surface area contributed by atoms with Crippen LogP contribution in [-0.4, -0.2) is 71.2 Å². The van der Waals surface area contributed by atoms with Crippen molar-refractivity contribution in [3.8, 4) is 23.0 Å². The molecule has 0 fully saturated rings. The molecule has 0 atom stereocenters. The van der Waals surface area contributed by atoms with Crippen LogP contribution >= 0.6 is 11.6 Å². The Kier molecular flexibility index (Phi) is 10.00. The zero-order chi connectivity index (χ0) is 30.4. The predicted molar refractivity (Wildman–Crippen MR) is 149 cm³/mol. The molecule has 2 aromatic carbocycles. The first-order valence-corrected chi connectivity index (χ1v) is 13.8. The van der Waals surface area contributed by atoms with Gasteiger partial charge in [-0.05, 0) is 40.5 Å². The van der Waals surface area contributed by atoms with E-state index in [-0.39, 0.29) is 50.6 Å². The van der Waals surface area contributed by atoms with Crippen LogP contribution in [-0.2, 0) is 45.4 Å². The lowest BCUT2D eigenvalue weighted by molar-refractivity contribution is -0.141. The van der Waals surface area contributed by atoms with Crippen LogP contribution in [0.1, 0.15) is 54.4 Å². The Morgan fingerprint density at radius 3 is 1.79 bits per heavy atom. The molecule has 0 aromatic heterocycles. The highest BCUT2D eigenvalue weighted by atomic mass is 35.5. The first-order valence-electron chi connectivity index (χ1n) is 13.4. The number of carboxylic acid groups (broad SMARTS) is 2. The van der Waals surface area contributed by atoms with Crippen molar-refractivity contribution in [3.63, 3.8) is 0 Å². The maximum Gasteiger partial charge on any atom is 0.303 e. The van der Waals surface area contributed by atoms with Gasteiger partial charge in [-0.15, -0.1) is 0 Å². The molecule has 0 saturated heterocycles. The molecule has 13 heteroatoms. The van der Waals surface area contributed by atoms with E-state index in [0.717, 1.165) is 22.3 Å². The first-order chi connectivity index (χ1) is 20.1. The average molecular weight is 605 g/mol. The molecule has 4 rings (SSSR count). The molecule has 0 unspecified atom stereocenters. The third-order valence-corrected chi connectivity index (χ3v) is 7.52. The summed E-state index contributed by atoms with van der Waals surface area (Å²) in [5.41, 5.74) is 3.40. The maximum atomic E-state index is 12.4. The Hall–Kier alpha value is -4.19. The Bertz CT molecular complexity index is 1380. The van der Waals surface area contributed by atoms with Gasteiger partial charge in [0.05, 0.1) is 45.3 Å². The molecule has 42 heavy (non-hydrogen) atoms. The lowest BCUT2D eigenvalue weighted by Gasteiger charge is -2.16. The number of ether oxygens (including phenoxy) is 4. The summed E-state index contributed by atoms with van der Waals surface area (Å²) in [6.45, 7) is 1.89. The van der Waals surface area contributed by atoms with E-state index >= 15 is 0 Å². The fourth-order valence-corrected chi connectivity index (χ4v) is 5.27. The molecule has 0 aliphatic carbocycles. The molecule has 12 nitrogen and oxygen atoms in total. The molecule has 2 aliphatic heterocycles. The topological polar surface area (TPSA) is 152 Å². The Labute approximate surface area is 247 Å². The number of amides is 2. The van der Waals surface area contributed by atoms with Crippen molar-refractivity contribution in [2.24, 2.45) is 0 Å². The second-order valence-electron chi connectivity index (χ2n) is 9.97. The van der Waals surface area contributed by atoms with Gasteiger partial charge in [0.1, 0.15) is 0 Å². The average Bonchev–Trinajstić information content (AvgIpc) is 3.59. The molecule has 2 aliphatic rings. The second-order valence-corrected chi connectivity index (χ2v) is 10.3. The van der Waals surface area contributed by atoms with E-state index in [1.807, 2.05) is 12.1 Å². The van der Waals surface area contributed by atoms with Crippen molar-refractivity contribution >= 4 is 35.4 Å². The molecule has 0 saturated carbocycles. The second kappa shape index (κ2) is 13.6. The van der Waals surface area contributed by atoms with Crippen LogP contribution in [0.25, 0.3) is 0 Å². The van der Waals surface area contributed by atoms with Crippen LogP contribution < -0.4 is 18.9 Å². The predicted octanol–water partition coefficient (Wildman–Crippen LogP) is 3.62. The number of hydrogen-bond acceptors (Lipinski definition) is 8. The van der Waals surface area contributed by atoms with Gasteiger partial charge in [-0.25, -0.2) is 0 Å². The quantitative estimate of drug-likeness (QED) is 0.306. The van der Waals surface area contributed by atoms with Crippen LogP contribution in [0.15, 0.2) is 18.2 Å². The molecule has 2 aromatic rings. The van der Waals surface area contributed by atoms with E-state index in [9.17, 15) is 19.2 Å². The van der Waals surface area contributed by atoms with Gasteiger partial charge >= 0.3 is 11.9 Å². The van der Waals surface area contributed by atoms with Crippen molar-refractivity contribution in [3.05, 3.63) is 45.5 Å². The standard InChI is InChI=1S/C29H33ClN2O10/c1-39-21-10-17-13-31(24(33)4-6-26(35)36)14-18(17)11-22(21)41-8-3-9-42-29-23(40-2)12-19-15-32(16-20(19)28(29)30)25(34)5-7-27(37)38/h10-12H,3-9,13-16H2,1-2H3,(H,35,36)(H,37,38). The number of nitrogens with zero attached hydrogens (tertiary/aromatic N) is 2. The molecule has 0 radical (unpaired) electrons. The van der Waals surface area contributed by atoms with Crippen molar-refractivity contribution < 1.29 is 48.3 Å². The van der Waals surface area contributed by atoms with Gasteiger partial charge in [-0.2, -0.15) is 0 Å². The number of halogens is 1. The molecule has 2 heterocycles. The van der Waals surface area contributed by atoms with Gasteiger partial charge in [-0.1, -0.05) is 11.6 Å². The van der Waals surface area contributed by atoms with Crippen molar-refractivity contribution in [1.82, 2.24) is 9.80 Å². The number of hydrogen-bond donors (Lipinski definition) is 2. The van der Waals surface area contributed by atoms with Gasteiger partial charge < -0.3 is 39.0 Å². The third kappa shape index (κ3) is 7.17. The lowest BCUT2D eigenvalue weighted by Crippen LogP contribution is -2.25. The van der Waals surface area contributed by atoms with E-state index in [2.05, 4.69) is 0 Å². The minimum Gasteiger partial charge on any atom is -0.493 e. The molecule has 2 amide bonds. The fourth-order valence-electron chi connectivity index (χ4n) is 4.94. The summed E-state index contributed by atoms with van der Waals surface area (Å²) in [6, 6.07) is 5.45.